The first kappa shape index (κ1) is 18.6. The van der Waals surface area contributed by atoms with Gasteiger partial charge in [-0.25, -0.2) is 4.79 Å². The lowest BCUT2D eigenvalue weighted by Gasteiger charge is -2.35. The number of pyridine rings is 1. The smallest absolute Gasteiger partial charge is 0.341 e. The van der Waals surface area contributed by atoms with Gasteiger partial charge in [0.2, 0.25) is 0 Å². The van der Waals surface area contributed by atoms with Crippen LogP contribution in [0.25, 0.3) is 10.9 Å². The summed E-state index contributed by atoms with van der Waals surface area (Å²) in [5, 5.41) is 1.02. The molecule has 0 spiro atoms. The van der Waals surface area contributed by atoms with Gasteiger partial charge in [-0.2, -0.15) is 0 Å². The molecule has 1 saturated heterocycles. The highest BCUT2D eigenvalue weighted by Crippen LogP contribution is 2.35. The van der Waals surface area contributed by atoms with Gasteiger partial charge in [0.1, 0.15) is 5.56 Å². The van der Waals surface area contributed by atoms with E-state index in [1.807, 2.05) is 6.92 Å². The van der Waals surface area contributed by atoms with E-state index in [1.165, 1.54) is 5.56 Å². The van der Waals surface area contributed by atoms with E-state index in [4.69, 9.17) is 9.47 Å². The van der Waals surface area contributed by atoms with Crippen LogP contribution in [-0.4, -0.2) is 44.4 Å². The second-order valence-electron chi connectivity index (χ2n) is 7.05. The summed E-state index contributed by atoms with van der Waals surface area (Å²) in [6.45, 7) is 8.91. The van der Waals surface area contributed by atoms with Crippen LogP contribution in [0.2, 0.25) is 0 Å². The van der Waals surface area contributed by atoms with Gasteiger partial charge >= 0.3 is 5.97 Å². The molecule has 3 rings (SSSR count). The number of piperidine rings is 1. The van der Waals surface area contributed by atoms with Crippen molar-refractivity contribution >= 4 is 22.6 Å². The van der Waals surface area contributed by atoms with Gasteiger partial charge in [0.05, 0.1) is 24.4 Å². The highest BCUT2D eigenvalue weighted by Gasteiger charge is 2.27. The number of methoxy groups -OCH3 is 1. The minimum Gasteiger partial charge on any atom is -0.462 e. The SMILES string of the molecule is CCOC(=O)c1cnc2c(C)c(C)ccc2c1N1CCCC(COC)C1. The van der Waals surface area contributed by atoms with Crippen molar-refractivity contribution in [3.8, 4) is 0 Å². The zero-order chi connectivity index (χ0) is 18.7. The fraction of sp³-hybridized carbons (Fsp3) is 0.524. The van der Waals surface area contributed by atoms with E-state index in [0.29, 0.717) is 18.1 Å². The highest BCUT2D eigenvalue weighted by atomic mass is 16.5. The van der Waals surface area contributed by atoms with Crippen molar-refractivity contribution in [1.29, 1.82) is 0 Å². The third kappa shape index (κ3) is 3.54. The van der Waals surface area contributed by atoms with Gasteiger partial charge in [-0.3, -0.25) is 4.98 Å². The van der Waals surface area contributed by atoms with Gasteiger partial charge in [-0.15, -0.1) is 0 Å². The van der Waals surface area contributed by atoms with E-state index >= 15 is 0 Å². The summed E-state index contributed by atoms with van der Waals surface area (Å²) in [6, 6.07) is 4.19. The first-order chi connectivity index (χ1) is 12.6. The van der Waals surface area contributed by atoms with Crippen molar-refractivity contribution in [3.05, 3.63) is 35.0 Å². The maximum absolute atomic E-state index is 12.6. The second-order valence-corrected chi connectivity index (χ2v) is 7.05. The maximum Gasteiger partial charge on any atom is 0.341 e. The Morgan fingerprint density at radius 3 is 2.88 bits per heavy atom. The molecule has 0 N–H and O–H groups in total. The summed E-state index contributed by atoms with van der Waals surface area (Å²) >= 11 is 0. The van der Waals surface area contributed by atoms with Gasteiger partial charge in [0.15, 0.2) is 0 Å². The van der Waals surface area contributed by atoms with E-state index < -0.39 is 0 Å². The summed E-state index contributed by atoms with van der Waals surface area (Å²) in [6.07, 6.45) is 3.92. The van der Waals surface area contributed by atoms with Crippen LogP contribution in [0.1, 0.15) is 41.3 Å². The number of hydrogen-bond acceptors (Lipinski definition) is 5. The lowest BCUT2D eigenvalue weighted by molar-refractivity contribution is 0.0526. The average molecular weight is 356 g/mol. The molecule has 1 aromatic heterocycles. The molecule has 0 amide bonds. The molecule has 1 aromatic carbocycles. The Balaban J connectivity index is 2.14. The molecular weight excluding hydrogens is 328 g/mol. The van der Waals surface area contributed by atoms with Crippen LogP contribution in [0.15, 0.2) is 18.3 Å². The molecule has 1 unspecified atom stereocenters. The van der Waals surface area contributed by atoms with Crippen molar-refractivity contribution in [2.24, 2.45) is 5.92 Å². The topological polar surface area (TPSA) is 51.7 Å². The standard InChI is InChI=1S/C21H28N2O3/c1-5-26-21(24)18-11-22-19-15(3)14(2)8-9-17(19)20(18)23-10-6-7-16(12-23)13-25-4/h8-9,11,16H,5-7,10,12-13H2,1-4H3. The Bertz CT molecular complexity index is 801. The molecule has 5 heteroatoms. The van der Waals surface area contributed by atoms with Gasteiger partial charge in [-0.05, 0) is 50.7 Å². The number of esters is 1. The number of fused-ring (bicyclic) bond motifs is 1. The fourth-order valence-corrected chi connectivity index (χ4v) is 3.83. The van der Waals surface area contributed by atoms with E-state index in [2.05, 4.69) is 35.9 Å². The zero-order valence-electron chi connectivity index (χ0n) is 16.2. The van der Waals surface area contributed by atoms with E-state index in [1.54, 1.807) is 13.3 Å². The quantitative estimate of drug-likeness (QED) is 0.761. The van der Waals surface area contributed by atoms with Crippen molar-refractivity contribution in [2.75, 3.05) is 38.3 Å². The highest BCUT2D eigenvalue weighted by molar-refractivity contribution is 6.06. The van der Waals surface area contributed by atoms with Crippen LogP contribution in [0.5, 0.6) is 0 Å². The molecule has 26 heavy (non-hydrogen) atoms. The number of carbonyl (C=O) groups excluding carboxylic acids is 1. The van der Waals surface area contributed by atoms with E-state index in [0.717, 1.165) is 54.7 Å². The Labute approximate surface area is 155 Å². The number of carbonyl (C=O) groups is 1. The number of hydrogen-bond donors (Lipinski definition) is 0. The van der Waals surface area contributed by atoms with Gasteiger partial charge < -0.3 is 14.4 Å². The first-order valence-electron chi connectivity index (χ1n) is 9.36. The van der Waals surface area contributed by atoms with Crippen molar-refractivity contribution in [3.63, 3.8) is 0 Å². The lowest BCUT2D eigenvalue weighted by Crippen LogP contribution is -2.38. The van der Waals surface area contributed by atoms with Crippen molar-refractivity contribution in [2.45, 2.75) is 33.6 Å². The number of anilines is 1. The number of benzene rings is 1. The Morgan fingerprint density at radius 1 is 1.35 bits per heavy atom. The Kier molecular flexibility index (Phi) is 5.77. The van der Waals surface area contributed by atoms with E-state index in [9.17, 15) is 4.79 Å². The van der Waals surface area contributed by atoms with Crippen LogP contribution < -0.4 is 4.90 Å². The summed E-state index contributed by atoms with van der Waals surface area (Å²) in [7, 11) is 1.75. The number of aryl methyl sites for hydroxylation is 2. The molecule has 0 aliphatic carbocycles. The molecule has 2 aromatic rings. The van der Waals surface area contributed by atoms with Gasteiger partial charge in [0.25, 0.3) is 0 Å². The van der Waals surface area contributed by atoms with Gasteiger partial charge in [0, 0.05) is 31.8 Å². The second kappa shape index (κ2) is 8.04. The monoisotopic (exact) mass is 356 g/mol. The molecule has 5 nitrogen and oxygen atoms in total. The molecule has 0 bridgehead atoms. The molecule has 0 saturated carbocycles. The van der Waals surface area contributed by atoms with Crippen molar-refractivity contribution in [1.82, 2.24) is 4.98 Å². The van der Waals surface area contributed by atoms with Crippen LogP contribution in [-0.2, 0) is 9.47 Å². The Morgan fingerprint density at radius 2 is 2.15 bits per heavy atom. The van der Waals surface area contributed by atoms with Gasteiger partial charge in [-0.1, -0.05) is 12.1 Å². The number of nitrogens with zero attached hydrogens (tertiary/aromatic N) is 2. The predicted octanol–water partition coefficient (Wildman–Crippen LogP) is 3.89. The predicted molar refractivity (Wildman–Crippen MR) is 104 cm³/mol. The normalized spacial score (nSPS) is 17.5. The third-order valence-electron chi connectivity index (χ3n) is 5.27. The minimum absolute atomic E-state index is 0.302. The van der Waals surface area contributed by atoms with Crippen LogP contribution >= 0.6 is 0 Å². The molecule has 1 aliphatic rings. The maximum atomic E-state index is 12.6. The molecule has 1 atom stereocenters. The number of aromatic nitrogens is 1. The molecule has 140 valence electrons. The minimum atomic E-state index is -0.302. The summed E-state index contributed by atoms with van der Waals surface area (Å²) in [4.78, 5) is 19.5. The molecule has 0 radical (unpaired) electrons. The zero-order valence-corrected chi connectivity index (χ0v) is 16.2. The number of ether oxygens (including phenoxy) is 2. The molecule has 1 aliphatic heterocycles. The third-order valence-corrected chi connectivity index (χ3v) is 5.27. The van der Waals surface area contributed by atoms with Crippen molar-refractivity contribution < 1.29 is 14.3 Å². The van der Waals surface area contributed by atoms with E-state index in [-0.39, 0.29) is 5.97 Å². The number of rotatable bonds is 5. The molecular formula is C21H28N2O3. The summed E-state index contributed by atoms with van der Waals surface area (Å²) in [5.41, 5.74) is 4.83. The largest absolute Gasteiger partial charge is 0.462 e. The van der Waals surface area contributed by atoms with Crippen LogP contribution in [0.4, 0.5) is 5.69 Å². The average Bonchev–Trinajstić information content (AvgIpc) is 2.64. The van der Waals surface area contributed by atoms with Crippen LogP contribution in [0, 0.1) is 19.8 Å². The molecule has 1 fully saturated rings. The Hall–Kier alpha value is -2.14. The lowest BCUT2D eigenvalue weighted by atomic mass is 9.96. The summed E-state index contributed by atoms with van der Waals surface area (Å²) in [5.74, 6) is 0.169. The van der Waals surface area contributed by atoms with Crippen LogP contribution in [0.3, 0.4) is 0 Å². The summed E-state index contributed by atoms with van der Waals surface area (Å²) < 4.78 is 10.7. The molecule has 2 heterocycles. The fourth-order valence-electron chi connectivity index (χ4n) is 3.83. The first-order valence-corrected chi connectivity index (χ1v) is 9.36.